The van der Waals surface area contributed by atoms with Crippen molar-refractivity contribution >= 4 is 27.7 Å². The standard InChI is InChI=1S/C17H16BrFN2O3/c1-20-17(23)12-4-2-3-11(7-12)9-21-16(22)10-24-15-6-5-13(18)8-14(15)19/h2-8H,9-10H2,1H3,(H,20,23)(H,21,22). The molecule has 0 unspecified atom stereocenters. The minimum Gasteiger partial charge on any atom is -0.481 e. The zero-order valence-electron chi connectivity index (χ0n) is 12.9. The van der Waals surface area contributed by atoms with Crippen LogP contribution >= 0.6 is 15.9 Å². The van der Waals surface area contributed by atoms with Gasteiger partial charge in [0.15, 0.2) is 18.2 Å². The number of carbonyl (C=O) groups is 2. The van der Waals surface area contributed by atoms with Crippen molar-refractivity contribution in [2.45, 2.75) is 6.54 Å². The fourth-order valence-corrected chi connectivity index (χ4v) is 2.29. The van der Waals surface area contributed by atoms with E-state index in [0.717, 1.165) is 5.56 Å². The van der Waals surface area contributed by atoms with Gasteiger partial charge in [0.05, 0.1) is 0 Å². The topological polar surface area (TPSA) is 67.4 Å². The van der Waals surface area contributed by atoms with E-state index in [1.54, 1.807) is 37.4 Å². The third-order valence-corrected chi connectivity index (χ3v) is 3.65. The lowest BCUT2D eigenvalue weighted by atomic mass is 10.1. The lowest BCUT2D eigenvalue weighted by Crippen LogP contribution is -2.28. The van der Waals surface area contributed by atoms with E-state index in [1.165, 1.54) is 12.1 Å². The van der Waals surface area contributed by atoms with Crippen LogP contribution in [0, 0.1) is 5.82 Å². The van der Waals surface area contributed by atoms with Crippen LogP contribution in [0.25, 0.3) is 0 Å². The summed E-state index contributed by atoms with van der Waals surface area (Å²) in [5.41, 5.74) is 1.29. The van der Waals surface area contributed by atoms with Crippen molar-refractivity contribution in [1.82, 2.24) is 10.6 Å². The molecule has 0 bridgehead atoms. The predicted molar refractivity (Wildman–Crippen MR) is 91.3 cm³/mol. The van der Waals surface area contributed by atoms with Gasteiger partial charge < -0.3 is 15.4 Å². The minimum atomic E-state index is -0.546. The van der Waals surface area contributed by atoms with Gasteiger partial charge in [0, 0.05) is 23.6 Å². The number of benzene rings is 2. The highest BCUT2D eigenvalue weighted by Crippen LogP contribution is 2.21. The summed E-state index contributed by atoms with van der Waals surface area (Å²) in [4.78, 5) is 23.4. The molecule has 0 aliphatic heterocycles. The summed E-state index contributed by atoms with van der Waals surface area (Å²) in [6, 6.07) is 11.2. The molecule has 0 spiro atoms. The van der Waals surface area contributed by atoms with Gasteiger partial charge >= 0.3 is 0 Å². The normalized spacial score (nSPS) is 10.1. The highest BCUT2D eigenvalue weighted by atomic mass is 79.9. The molecule has 0 aliphatic rings. The largest absolute Gasteiger partial charge is 0.481 e. The first-order valence-corrected chi connectivity index (χ1v) is 7.94. The fraction of sp³-hybridized carbons (Fsp3) is 0.176. The Morgan fingerprint density at radius 2 is 2.00 bits per heavy atom. The molecule has 0 heterocycles. The van der Waals surface area contributed by atoms with Crippen LogP contribution in [0.5, 0.6) is 5.75 Å². The Kier molecular flexibility index (Phi) is 6.31. The second kappa shape index (κ2) is 8.44. The Hall–Kier alpha value is -2.41. The van der Waals surface area contributed by atoms with E-state index in [2.05, 4.69) is 26.6 Å². The molecule has 24 heavy (non-hydrogen) atoms. The Bertz CT molecular complexity index is 752. The van der Waals surface area contributed by atoms with Gasteiger partial charge in [0.2, 0.25) is 0 Å². The Labute approximate surface area is 147 Å². The van der Waals surface area contributed by atoms with Crippen LogP contribution < -0.4 is 15.4 Å². The average molecular weight is 395 g/mol. The first-order valence-electron chi connectivity index (χ1n) is 7.15. The number of ether oxygens (including phenoxy) is 1. The van der Waals surface area contributed by atoms with Crippen molar-refractivity contribution in [3.63, 3.8) is 0 Å². The van der Waals surface area contributed by atoms with Crippen LogP contribution in [0.2, 0.25) is 0 Å². The van der Waals surface area contributed by atoms with E-state index in [4.69, 9.17) is 4.74 Å². The van der Waals surface area contributed by atoms with Gasteiger partial charge in [-0.05, 0) is 35.9 Å². The van der Waals surface area contributed by atoms with Gasteiger partial charge in [0.25, 0.3) is 11.8 Å². The molecular formula is C17H16BrFN2O3. The number of hydrogen-bond donors (Lipinski definition) is 2. The monoisotopic (exact) mass is 394 g/mol. The van der Waals surface area contributed by atoms with Gasteiger partial charge in [-0.1, -0.05) is 28.1 Å². The first kappa shape index (κ1) is 17.9. The predicted octanol–water partition coefficient (Wildman–Crippen LogP) is 2.64. The molecule has 0 saturated carbocycles. The maximum atomic E-state index is 13.6. The molecule has 0 saturated heterocycles. The number of halogens is 2. The summed E-state index contributed by atoms with van der Waals surface area (Å²) in [7, 11) is 1.55. The minimum absolute atomic E-state index is 0.00923. The molecule has 0 aliphatic carbocycles. The number of hydrogen-bond acceptors (Lipinski definition) is 3. The van der Waals surface area contributed by atoms with Gasteiger partial charge in [-0.25, -0.2) is 4.39 Å². The Morgan fingerprint density at radius 3 is 2.71 bits per heavy atom. The second-order valence-corrected chi connectivity index (χ2v) is 5.84. The average Bonchev–Trinajstić information content (AvgIpc) is 2.58. The number of nitrogens with one attached hydrogen (secondary N) is 2. The van der Waals surface area contributed by atoms with Gasteiger partial charge in [-0.15, -0.1) is 0 Å². The summed E-state index contributed by atoms with van der Waals surface area (Å²) in [5.74, 6) is -1.12. The third-order valence-electron chi connectivity index (χ3n) is 3.16. The van der Waals surface area contributed by atoms with E-state index in [0.29, 0.717) is 10.0 Å². The second-order valence-electron chi connectivity index (χ2n) is 4.92. The SMILES string of the molecule is CNC(=O)c1cccc(CNC(=O)COc2ccc(Br)cc2F)c1. The van der Waals surface area contributed by atoms with Crippen molar-refractivity contribution in [1.29, 1.82) is 0 Å². The Morgan fingerprint density at radius 1 is 1.21 bits per heavy atom. The highest BCUT2D eigenvalue weighted by molar-refractivity contribution is 9.10. The van der Waals surface area contributed by atoms with Gasteiger partial charge in [0.1, 0.15) is 0 Å². The summed E-state index contributed by atoms with van der Waals surface area (Å²) in [5, 5.41) is 5.19. The van der Waals surface area contributed by atoms with Crippen molar-refractivity contribution in [3.05, 3.63) is 63.9 Å². The molecular weight excluding hydrogens is 379 g/mol. The van der Waals surface area contributed by atoms with Crippen molar-refractivity contribution in [3.8, 4) is 5.75 Å². The van der Waals surface area contributed by atoms with Crippen LogP contribution in [0.3, 0.4) is 0 Å². The molecule has 0 aromatic heterocycles. The van der Waals surface area contributed by atoms with Crippen LogP contribution in [0.15, 0.2) is 46.9 Å². The van der Waals surface area contributed by atoms with E-state index in [1.807, 2.05) is 0 Å². The highest BCUT2D eigenvalue weighted by Gasteiger charge is 2.08. The van der Waals surface area contributed by atoms with Crippen molar-refractivity contribution in [2.24, 2.45) is 0 Å². The summed E-state index contributed by atoms with van der Waals surface area (Å²) in [6.07, 6.45) is 0. The fourth-order valence-electron chi connectivity index (χ4n) is 1.95. The molecule has 2 amide bonds. The molecule has 0 atom stereocenters. The van der Waals surface area contributed by atoms with E-state index >= 15 is 0 Å². The molecule has 2 aromatic rings. The van der Waals surface area contributed by atoms with Crippen LogP contribution in [0.4, 0.5) is 4.39 Å². The van der Waals surface area contributed by atoms with Crippen molar-refractivity contribution < 1.29 is 18.7 Å². The van der Waals surface area contributed by atoms with Gasteiger partial charge in [-0.3, -0.25) is 9.59 Å². The van der Waals surface area contributed by atoms with E-state index < -0.39 is 5.82 Å². The first-order chi connectivity index (χ1) is 11.5. The summed E-state index contributed by atoms with van der Waals surface area (Å²) in [6.45, 7) is -0.0520. The maximum absolute atomic E-state index is 13.6. The molecule has 126 valence electrons. The number of rotatable bonds is 6. The molecule has 7 heteroatoms. The van der Waals surface area contributed by atoms with Crippen molar-refractivity contribution in [2.75, 3.05) is 13.7 Å². The zero-order valence-corrected chi connectivity index (χ0v) is 14.5. The molecule has 2 aromatic carbocycles. The quantitative estimate of drug-likeness (QED) is 0.791. The van der Waals surface area contributed by atoms with Crippen LogP contribution in [0.1, 0.15) is 15.9 Å². The lowest BCUT2D eigenvalue weighted by Gasteiger charge is -2.09. The third kappa shape index (κ3) is 5.06. The smallest absolute Gasteiger partial charge is 0.258 e. The Balaban J connectivity index is 1.86. The van der Waals surface area contributed by atoms with Gasteiger partial charge in [-0.2, -0.15) is 0 Å². The lowest BCUT2D eigenvalue weighted by molar-refractivity contribution is -0.123. The van der Waals surface area contributed by atoms with E-state index in [-0.39, 0.29) is 30.7 Å². The molecule has 5 nitrogen and oxygen atoms in total. The molecule has 0 fully saturated rings. The molecule has 2 rings (SSSR count). The summed E-state index contributed by atoms with van der Waals surface area (Å²) < 4.78 is 19.3. The molecule has 0 radical (unpaired) electrons. The van der Waals surface area contributed by atoms with E-state index in [9.17, 15) is 14.0 Å². The molecule has 2 N–H and O–H groups in total. The zero-order chi connectivity index (χ0) is 17.5. The maximum Gasteiger partial charge on any atom is 0.258 e. The number of carbonyl (C=O) groups excluding carboxylic acids is 2. The number of amides is 2. The summed E-state index contributed by atoms with van der Waals surface area (Å²) >= 11 is 3.14. The van der Waals surface area contributed by atoms with Crippen LogP contribution in [-0.4, -0.2) is 25.5 Å². The van der Waals surface area contributed by atoms with Crippen LogP contribution in [-0.2, 0) is 11.3 Å².